The number of benzene rings is 2. The molecule has 0 spiro atoms. The van der Waals surface area contributed by atoms with Gasteiger partial charge >= 0.3 is 0 Å². The van der Waals surface area contributed by atoms with Crippen LogP contribution in [0.5, 0.6) is 5.75 Å². The zero-order chi connectivity index (χ0) is 24.5. The Kier molecular flexibility index (Phi) is 9.72. The van der Waals surface area contributed by atoms with Gasteiger partial charge in [0.2, 0.25) is 5.91 Å². The first kappa shape index (κ1) is 26.0. The second-order valence-corrected chi connectivity index (χ2v) is 9.07. The second-order valence-electron chi connectivity index (χ2n) is 8.27. The summed E-state index contributed by atoms with van der Waals surface area (Å²) in [6, 6.07) is 13.5. The highest BCUT2D eigenvalue weighted by Gasteiger charge is 2.43. The number of halogens is 1. The van der Waals surface area contributed by atoms with Crippen molar-refractivity contribution in [2.75, 3.05) is 23.4 Å². The molecule has 0 aromatic heterocycles. The Morgan fingerprint density at radius 1 is 1.03 bits per heavy atom. The summed E-state index contributed by atoms with van der Waals surface area (Å²) in [5.74, 6) is 0.312. The first-order valence-electron chi connectivity index (χ1n) is 11.9. The van der Waals surface area contributed by atoms with Crippen molar-refractivity contribution in [3.63, 3.8) is 0 Å². The number of rotatable bonds is 12. The molecule has 0 aliphatic carbocycles. The number of thiocarbonyl (C=S) groups is 1. The van der Waals surface area contributed by atoms with Crippen molar-refractivity contribution in [3.05, 3.63) is 53.6 Å². The van der Waals surface area contributed by atoms with Crippen molar-refractivity contribution in [1.29, 1.82) is 0 Å². The summed E-state index contributed by atoms with van der Waals surface area (Å²) in [5, 5.41) is 3.90. The molecule has 2 aromatic carbocycles. The standard InChI is InChI=1S/C26H32ClN3O3S/c1-3-5-6-7-8-17-29-23(18-24(31)28-20-11-15-22(16-12-20)33-4-2)25(32)30(26(29)34)21-13-9-19(27)10-14-21/h9-16,23H,3-8,17-18H2,1-2H3,(H,28,31). The van der Waals surface area contributed by atoms with Gasteiger partial charge < -0.3 is 15.0 Å². The fraction of sp³-hybridized carbons (Fsp3) is 0.423. The van der Waals surface area contributed by atoms with Crippen molar-refractivity contribution >= 4 is 52.1 Å². The smallest absolute Gasteiger partial charge is 0.256 e. The number of hydrogen-bond donors (Lipinski definition) is 1. The van der Waals surface area contributed by atoms with E-state index in [9.17, 15) is 9.59 Å². The molecule has 1 heterocycles. The molecule has 1 unspecified atom stereocenters. The van der Waals surface area contributed by atoms with Crippen molar-refractivity contribution < 1.29 is 14.3 Å². The van der Waals surface area contributed by atoms with E-state index in [2.05, 4.69) is 12.2 Å². The summed E-state index contributed by atoms with van der Waals surface area (Å²) in [5.41, 5.74) is 1.31. The van der Waals surface area contributed by atoms with Crippen LogP contribution in [0, 0.1) is 0 Å². The largest absolute Gasteiger partial charge is 0.494 e. The molecular weight excluding hydrogens is 470 g/mol. The molecule has 8 heteroatoms. The average molecular weight is 502 g/mol. The lowest BCUT2D eigenvalue weighted by Crippen LogP contribution is -2.38. The number of amides is 2. The molecule has 1 N–H and O–H groups in total. The van der Waals surface area contributed by atoms with E-state index in [0.29, 0.717) is 34.7 Å². The van der Waals surface area contributed by atoms with Gasteiger partial charge in [0.15, 0.2) is 5.11 Å². The van der Waals surface area contributed by atoms with E-state index in [1.54, 1.807) is 48.5 Å². The number of carbonyl (C=O) groups is 2. The van der Waals surface area contributed by atoms with Gasteiger partial charge in [-0.05, 0) is 74.1 Å². The third-order valence-electron chi connectivity index (χ3n) is 5.73. The van der Waals surface area contributed by atoms with E-state index in [0.717, 1.165) is 25.0 Å². The predicted octanol–water partition coefficient (Wildman–Crippen LogP) is 6.04. The van der Waals surface area contributed by atoms with E-state index in [1.165, 1.54) is 17.7 Å². The van der Waals surface area contributed by atoms with Gasteiger partial charge in [0.1, 0.15) is 11.8 Å². The Morgan fingerprint density at radius 2 is 1.71 bits per heavy atom. The Morgan fingerprint density at radius 3 is 2.35 bits per heavy atom. The molecule has 6 nitrogen and oxygen atoms in total. The van der Waals surface area contributed by atoms with Crippen LogP contribution >= 0.6 is 23.8 Å². The minimum Gasteiger partial charge on any atom is -0.494 e. The molecule has 0 saturated carbocycles. The maximum Gasteiger partial charge on any atom is 0.256 e. The quantitative estimate of drug-likeness (QED) is 0.284. The van der Waals surface area contributed by atoms with Crippen LogP contribution in [0.15, 0.2) is 48.5 Å². The molecule has 2 aromatic rings. The summed E-state index contributed by atoms with van der Waals surface area (Å²) in [7, 11) is 0. The van der Waals surface area contributed by atoms with Crippen LogP contribution in [-0.4, -0.2) is 41.0 Å². The Labute approximate surface area is 212 Å². The Balaban J connectivity index is 1.72. The van der Waals surface area contributed by atoms with Gasteiger partial charge in [-0.15, -0.1) is 0 Å². The van der Waals surface area contributed by atoms with E-state index < -0.39 is 6.04 Å². The zero-order valence-electron chi connectivity index (χ0n) is 19.8. The van der Waals surface area contributed by atoms with Crippen molar-refractivity contribution in [2.45, 2.75) is 58.4 Å². The molecule has 3 rings (SSSR count). The van der Waals surface area contributed by atoms with Crippen LogP contribution in [0.25, 0.3) is 0 Å². The highest BCUT2D eigenvalue weighted by Crippen LogP contribution is 2.29. The fourth-order valence-electron chi connectivity index (χ4n) is 3.99. The number of nitrogens with zero attached hydrogens (tertiary/aromatic N) is 2. The van der Waals surface area contributed by atoms with E-state index in [4.69, 9.17) is 28.6 Å². The number of hydrogen-bond acceptors (Lipinski definition) is 4. The first-order chi connectivity index (χ1) is 16.4. The first-order valence-corrected chi connectivity index (χ1v) is 12.7. The summed E-state index contributed by atoms with van der Waals surface area (Å²) in [6.07, 6.45) is 5.50. The molecule has 1 aliphatic heterocycles. The fourth-order valence-corrected chi connectivity index (χ4v) is 4.53. The van der Waals surface area contributed by atoms with Gasteiger partial charge in [0.25, 0.3) is 5.91 Å². The number of anilines is 2. The van der Waals surface area contributed by atoms with Crippen molar-refractivity contribution in [3.8, 4) is 5.75 Å². The van der Waals surface area contributed by atoms with Gasteiger partial charge in [-0.25, -0.2) is 0 Å². The minimum atomic E-state index is -0.642. The normalized spacial score (nSPS) is 15.7. The summed E-state index contributed by atoms with van der Waals surface area (Å²) >= 11 is 11.7. The van der Waals surface area contributed by atoms with Crippen LogP contribution in [0.2, 0.25) is 5.02 Å². The number of carbonyl (C=O) groups excluding carboxylic acids is 2. The maximum atomic E-state index is 13.4. The van der Waals surface area contributed by atoms with Gasteiger partial charge in [-0.1, -0.05) is 44.2 Å². The topological polar surface area (TPSA) is 61.9 Å². The summed E-state index contributed by atoms with van der Waals surface area (Å²) in [6.45, 7) is 5.31. The molecular formula is C26H32ClN3O3S. The SMILES string of the molecule is CCCCCCCN1C(=S)N(c2ccc(Cl)cc2)C(=O)C1CC(=O)Nc1ccc(OCC)cc1. The second kappa shape index (κ2) is 12.7. The molecule has 1 fully saturated rings. The highest BCUT2D eigenvalue weighted by atomic mass is 35.5. The Hall–Kier alpha value is -2.64. The lowest BCUT2D eigenvalue weighted by atomic mass is 10.1. The summed E-state index contributed by atoms with van der Waals surface area (Å²) in [4.78, 5) is 29.7. The van der Waals surface area contributed by atoms with Crippen LogP contribution in [0.4, 0.5) is 11.4 Å². The maximum absolute atomic E-state index is 13.4. The van der Waals surface area contributed by atoms with Crippen LogP contribution < -0.4 is 15.0 Å². The molecule has 0 radical (unpaired) electrons. The van der Waals surface area contributed by atoms with E-state index >= 15 is 0 Å². The summed E-state index contributed by atoms with van der Waals surface area (Å²) < 4.78 is 5.44. The van der Waals surface area contributed by atoms with Gasteiger partial charge in [0.05, 0.1) is 18.7 Å². The Bertz CT molecular complexity index is 982. The molecule has 1 saturated heterocycles. The van der Waals surface area contributed by atoms with Gasteiger partial charge in [-0.2, -0.15) is 0 Å². The van der Waals surface area contributed by atoms with Gasteiger partial charge in [-0.3, -0.25) is 14.5 Å². The number of ether oxygens (including phenoxy) is 1. The molecule has 182 valence electrons. The molecule has 1 atom stereocenters. The third-order valence-corrected chi connectivity index (χ3v) is 6.40. The molecule has 34 heavy (non-hydrogen) atoms. The van der Waals surface area contributed by atoms with E-state index in [-0.39, 0.29) is 18.2 Å². The average Bonchev–Trinajstić information content (AvgIpc) is 3.05. The lowest BCUT2D eigenvalue weighted by Gasteiger charge is -2.24. The van der Waals surface area contributed by atoms with Crippen LogP contribution in [0.1, 0.15) is 52.4 Å². The highest BCUT2D eigenvalue weighted by molar-refractivity contribution is 7.80. The van der Waals surface area contributed by atoms with Crippen LogP contribution in [0.3, 0.4) is 0 Å². The number of unbranched alkanes of at least 4 members (excludes halogenated alkanes) is 4. The van der Waals surface area contributed by atoms with Crippen LogP contribution in [-0.2, 0) is 9.59 Å². The lowest BCUT2D eigenvalue weighted by molar-refractivity contribution is -0.124. The molecule has 1 aliphatic rings. The predicted molar refractivity (Wildman–Crippen MR) is 142 cm³/mol. The third kappa shape index (κ3) is 6.70. The van der Waals surface area contributed by atoms with Gasteiger partial charge in [0, 0.05) is 17.3 Å². The molecule has 2 amide bonds. The van der Waals surface area contributed by atoms with Crippen molar-refractivity contribution in [1.82, 2.24) is 4.90 Å². The number of nitrogens with one attached hydrogen (secondary N) is 1. The zero-order valence-corrected chi connectivity index (χ0v) is 21.3. The van der Waals surface area contributed by atoms with Crippen molar-refractivity contribution in [2.24, 2.45) is 0 Å². The monoisotopic (exact) mass is 501 g/mol. The minimum absolute atomic E-state index is 0.0191. The van der Waals surface area contributed by atoms with E-state index in [1.807, 2.05) is 11.8 Å². The molecule has 0 bridgehead atoms.